The fourth-order valence-corrected chi connectivity index (χ4v) is 2.28. The number of hydrogen-bond donors (Lipinski definition) is 1. The molecule has 124 valence electrons. The predicted molar refractivity (Wildman–Crippen MR) is 82.4 cm³/mol. The molecule has 1 unspecified atom stereocenters. The Bertz CT molecular complexity index is 349. The molecule has 0 radical (unpaired) electrons. The first kappa shape index (κ1) is 20.0. The van der Waals surface area contributed by atoms with Crippen molar-refractivity contribution in [3.63, 3.8) is 0 Å². The van der Waals surface area contributed by atoms with Crippen LogP contribution in [0.1, 0.15) is 40.0 Å². The van der Waals surface area contributed by atoms with Crippen molar-refractivity contribution < 1.29 is 19.1 Å². The zero-order valence-corrected chi connectivity index (χ0v) is 14.1. The number of halogens is 1. The lowest BCUT2D eigenvalue weighted by atomic mass is 9.90. The Morgan fingerprint density at radius 1 is 1.29 bits per heavy atom. The van der Waals surface area contributed by atoms with Gasteiger partial charge in [0, 0.05) is 13.1 Å². The van der Waals surface area contributed by atoms with E-state index in [1.807, 2.05) is 20.8 Å². The van der Waals surface area contributed by atoms with Crippen molar-refractivity contribution in [2.75, 3.05) is 20.2 Å². The predicted octanol–water partition coefficient (Wildman–Crippen LogP) is 1.95. The Kier molecular flexibility index (Phi) is 8.03. The van der Waals surface area contributed by atoms with Crippen molar-refractivity contribution in [1.29, 1.82) is 0 Å². The summed E-state index contributed by atoms with van der Waals surface area (Å²) in [6, 6.07) is -0.571. The Morgan fingerprint density at radius 2 is 1.81 bits per heavy atom. The van der Waals surface area contributed by atoms with Gasteiger partial charge in [0.2, 0.25) is 0 Å². The maximum Gasteiger partial charge on any atom is 0.410 e. The number of carbonyl (C=O) groups is 2. The van der Waals surface area contributed by atoms with Gasteiger partial charge in [0.05, 0.1) is 7.11 Å². The third-order valence-electron chi connectivity index (χ3n) is 3.36. The molecule has 6 nitrogen and oxygen atoms in total. The van der Waals surface area contributed by atoms with Crippen LogP contribution in [0, 0.1) is 5.92 Å². The SMILES string of the molecule is COC(=O)C(N)CC1CCN(C(=O)OC(C)(C)C)CC1.Cl. The van der Waals surface area contributed by atoms with Crippen LogP contribution in [0.2, 0.25) is 0 Å². The van der Waals surface area contributed by atoms with E-state index in [1.165, 1.54) is 7.11 Å². The first-order valence-electron chi connectivity index (χ1n) is 7.04. The molecule has 1 aliphatic heterocycles. The molecule has 1 fully saturated rings. The fourth-order valence-electron chi connectivity index (χ4n) is 2.28. The number of piperidine rings is 1. The molecule has 0 aromatic carbocycles. The molecule has 0 aromatic rings. The van der Waals surface area contributed by atoms with Gasteiger partial charge in [-0.25, -0.2) is 4.79 Å². The van der Waals surface area contributed by atoms with E-state index in [9.17, 15) is 9.59 Å². The van der Waals surface area contributed by atoms with E-state index >= 15 is 0 Å². The van der Waals surface area contributed by atoms with Crippen molar-refractivity contribution in [1.82, 2.24) is 4.90 Å². The molecule has 1 aliphatic rings. The Balaban J connectivity index is 0.00000400. The topological polar surface area (TPSA) is 81.9 Å². The maximum absolute atomic E-state index is 11.9. The van der Waals surface area contributed by atoms with Crippen LogP contribution in [0.15, 0.2) is 0 Å². The number of likely N-dealkylation sites (tertiary alicyclic amines) is 1. The molecule has 2 N–H and O–H groups in total. The zero-order valence-electron chi connectivity index (χ0n) is 13.3. The number of ether oxygens (including phenoxy) is 2. The second kappa shape index (κ2) is 8.44. The van der Waals surface area contributed by atoms with Gasteiger partial charge >= 0.3 is 12.1 Å². The largest absolute Gasteiger partial charge is 0.468 e. The van der Waals surface area contributed by atoms with Crippen LogP contribution in [0.4, 0.5) is 4.79 Å². The number of rotatable bonds is 3. The van der Waals surface area contributed by atoms with E-state index in [4.69, 9.17) is 10.5 Å². The highest BCUT2D eigenvalue weighted by atomic mass is 35.5. The molecule has 1 rings (SSSR count). The first-order valence-corrected chi connectivity index (χ1v) is 7.04. The van der Waals surface area contributed by atoms with E-state index in [2.05, 4.69) is 4.74 Å². The van der Waals surface area contributed by atoms with E-state index < -0.39 is 11.6 Å². The molecule has 0 saturated carbocycles. The highest BCUT2D eigenvalue weighted by Gasteiger charge is 2.28. The van der Waals surface area contributed by atoms with Gasteiger partial charge in [0.1, 0.15) is 11.6 Å². The monoisotopic (exact) mass is 322 g/mol. The molecule has 1 saturated heterocycles. The van der Waals surface area contributed by atoms with Crippen LogP contribution in [0.3, 0.4) is 0 Å². The second-order valence-electron chi connectivity index (χ2n) is 6.28. The lowest BCUT2D eigenvalue weighted by Crippen LogP contribution is -2.43. The summed E-state index contributed by atoms with van der Waals surface area (Å²) in [6.45, 7) is 6.86. The highest BCUT2D eigenvalue weighted by Crippen LogP contribution is 2.23. The average molecular weight is 323 g/mol. The van der Waals surface area contributed by atoms with Gasteiger partial charge in [-0.3, -0.25) is 4.79 Å². The minimum atomic E-state index is -0.571. The number of hydrogen-bond acceptors (Lipinski definition) is 5. The van der Waals surface area contributed by atoms with Gasteiger partial charge in [0.25, 0.3) is 0 Å². The Hall–Kier alpha value is -1.01. The minimum Gasteiger partial charge on any atom is -0.468 e. The third kappa shape index (κ3) is 7.00. The molecule has 7 heteroatoms. The van der Waals surface area contributed by atoms with Gasteiger partial charge in [-0.1, -0.05) is 0 Å². The lowest BCUT2D eigenvalue weighted by molar-refractivity contribution is -0.142. The van der Waals surface area contributed by atoms with Crippen molar-refractivity contribution >= 4 is 24.5 Å². The number of amides is 1. The molecule has 0 bridgehead atoms. The molecule has 0 spiro atoms. The number of esters is 1. The van der Waals surface area contributed by atoms with Crippen molar-refractivity contribution in [2.45, 2.75) is 51.7 Å². The van der Waals surface area contributed by atoms with Crippen LogP contribution in [0.25, 0.3) is 0 Å². The maximum atomic E-state index is 11.9. The van der Waals surface area contributed by atoms with Crippen molar-refractivity contribution in [3.8, 4) is 0 Å². The minimum absolute atomic E-state index is 0. The summed E-state index contributed by atoms with van der Waals surface area (Å²) in [5.41, 5.74) is 5.29. The van der Waals surface area contributed by atoms with Crippen LogP contribution < -0.4 is 5.73 Å². The van der Waals surface area contributed by atoms with Crippen LogP contribution in [-0.2, 0) is 14.3 Å². The second-order valence-corrected chi connectivity index (χ2v) is 6.28. The van der Waals surface area contributed by atoms with E-state index in [-0.39, 0.29) is 24.5 Å². The summed E-state index contributed by atoms with van der Waals surface area (Å²) in [5, 5.41) is 0. The highest BCUT2D eigenvalue weighted by molar-refractivity contribution is 5.85. The zero-order chi connectivity index (χ0) is 15.3. The Labute approximate surface area is 132 Å². The smallest absolute Gasteiger partial charge is 0.410 e. The quantitative estimate of drug-likeness (QED) is 0.803. The fraction of sp³-hybridized carbons (Fsp3) is 0.857. The summed E-state index contributed by atoms with van der Waals surface area (Å²) in [6.07, 6.45) is 2.01. The summed E-state index contributed by atoms with van der Waals surface area (Å²) in [7, 11) is 1.34. The average Bonchev–Trinajstić information content (AvgIpc) is 2.36. The van der Waals surface area contributed by atoms with Crippen LogP contribution in [0.5, 0.6) is 0 Å². The summed E-state index contributed by atoms with van der Waals surface area (Å²) < 4.78 is 9.96. The number of nitrogens with zero attached hydrogens (tertiary/aromatic N) is 1. The number of carbonyl (C=O) groups excluding carboxylic acids is 2. The summed E-state index contributed by atoms with van der Waals surface area (Å²) in [5.74, 6) is -0.0256. The van der Waals surface area contributed by atoms with E-state index in [1.54, 1.807) is 4.90 Å². The van der Waals surface area contributed by atoms with Crippen LogP contribution >= 0.6 is 12.4 Å². The lowest BCUT2D eigenvalue weighted by Gasteiger charge is -2.34. The van der Waals surface area contributed by atoms with Gasteiger partial charge in [-0.15, -0.1) is 12.4 Å². The first-order chi connectivity index (χ1) is 9.23. The van der Waals surface area contributed by atoms with Gasteiger partial charge < -0.3 is 20.1 Å². The summed E-state index contributed by atoms with van der Waals surface area (Å²) >= 11 is 0. The third-order valence-corrected chi connectivity index (χ3v) is 3.36. The number of nitrogens with two attached hydrogens (primary N) is 1. The van der Waals surface area contributed by atoms with Crippen LogP contribution in [-0.4, -0.2) is 48.8 Å². The van der Waals surface area contributed by atoms with E-state index in [0.29, 0.717) is 25.4 Å². The molecule has 21 heavy (non-hydrogen) atoms. The van der Waals surface area contributed by atoms with Crippen molar-refractivity contribution in [3.05, 3.63) is 0 Å². The van der Waals surface area contributed by atoms with E-state index in [0.717, 1.165) is 12.8 Å². The molecule has 0 aliphatic carbocycles. The Morgan fingerprint density at radius 3 is 2.24 bits per heavy atom. The molecule has 1 heterocycles. The van der Waals surface area contributed by atoms with Gasteiger partial charge in [-0.2, -0.15) is 0 Å². The molecular weight excluding hydrogens is 296 g/mol. The molecular formula is C14H27ClN2O4. The molecule has 1 atom stereocenters. The standard InChI is InChI=1S/C14H26N2O4.ClH/c1-14(2,3)20-13(18)16-7-5-10(6-8-16)9-11(15)12(17)19-4;/h10-11H,5-9,15H2,1-4H3;1H. The van der Waals surface area contributed by atoms with Crippen molar-refractivity contribution in [2.24, 2.45) is 11.7 Å². The van der Waals surface area contributed by atoms with Gasteiger partial charge in [0.15, 0.2) is 0 Å². The normalized spacial score (nSPS) is 17.7. The molecule has 1 amide bonds. The molecule has 0 aromatic heterocycles. The summed E-state index contributed by atoms with van der Waals surface area (Å²) in [4.78, 5) is 24.9. The van der Waals surface area contributed by atoms with Gasteiger partial charge in [-0.05, 0) is 46.0 Å². The number of methoxy groups -OCH3 is 1.